The maximum atomic E-state index is 10.1. The number of hydrogen-bond donors (Lipinski definition) is 1. The van der Waals surface area contributed by atoms with Gasteiger partial charge in [0.15, 0.2) is 0 Å². The van der Waals surface area contributed by atoms with Gasteiger partial charge in [-0.1, -0.05) is 52.8 Å². The first kappa shape index (κ1) is 11.7. The van der Waals surface area contributed by atoms with E-state index in [0.717, 1.165) is 11.8 Å². The average Bonchev–Trinajstić information content (AvgIpc) is 2.36. The van der Waals surface area contributed by atoms with Gasteiger partial charge in [-0.15, -0.1) is 0 Å². The highest BCUT2D eigenvalue weighted by Gasteiger charge is 2.39. The maximum Gasteiger partial charge on any atom is 0.324 e. The lowest BCUT2D eigenvalue weighted by molar-refractivity contribution is 0.542. The van der Waals surface area contributed by atoms with Crippen molar-refractivity contribution in [1.82, 2.24) is 0 Å². The summed E-state index contributed by atoms with van der Waals surface area (Å²) in [5, 5.41) is 10.1. The Bertz CT molecular complexity index is 415. The summed E-state index contributed by atoms with van der Waals surface area (Å²) < 4.78 is 0. The molecule has 1 aromatic carbocycles. The van der Waals surface area contributed by atoms with Crippen LogP contribution in [0.3, 0.4) is 0 Å². The predicted molar refractivity (Wildman–Crippen MR) is 70.6 cm³/mol. The van der Waals surface area contributed by atoms with Crippen molar-refractivity contribution in [3.05, 3.63) is 29.3 Å². The summed E-state index contributed by atoms with van der Waals surface area (Å²) in [5.74, 6) is 0. The minimum Gasteiger partial charge on any atom is -0.446 e. The van der Waals surface area contributed by atoms with Gasteiger partial charge in [0.05, 0.1) is 0 Å². The molecule has 0 fully saturated rings. The lowest BCUT2D eigenvalue weighted by atomic mass is 9.60. The normalized spacial score (nSPS) is 18.8. The van der Waals surface area contributed by atoms with Crippen LogP contribution < -0.4 is 5.46 Å². The second-order valence-corrected chi connectivity index (χ2v) is 6.66. The van der Waals surface area contributed by atoms with E-state index >= 15 is 0 Å². The monoisotopic (exact) mass is 216 g/mol. The van der Waals surface area contributed by atoms with E-state index in [1.54, 1.807) is 0 Å². The van der Waals surface area contributed by atoms with Crippen LogP contribution in [-0.4, -0.2) is 11.9 Å². The molecule has 1 nitrogen and oxygen atoms in total. The quantitative estimate of drug-likeness (QED) is 0.660. The van der Waals surface area contributed by atoms with E-state index < -0.39 is 0 Å². The molecule has 0 unspecified atom stereocenters. The van der Waals surface area contributed by atoms with Crippen LogP contribution in [0.25, 0.3) is 0 Å². The van der Waals surface area contributed by atoms with Crippen molar-refractivity contribution in [3.63, 3.8) is 0 Å². The van der Waals surface area contributed by atoms with Crippen molar-refractivity contribution in [1.29, 1.82) is 0 Å². The van der Waals surface area contributed by atoms with Gasteiger partial charge in [0.1, 0.15) is 0 Å². The number of benzene rings is 1. The van der Waals surface area contributed by atoms with Gasteiger partial charge < -0.3 is 5.02 Å². The maximum absolute atomic E-state index is 10.1. The minimum absolute atomic E-state index is 0.116. The van der Waals surface area contributed by atoms with Crippen LogP contribution in [0.4, 0.5) is 0 Å². The summed E-state index contributed by atoms with van der Waals surface area (Å²) in [5.41, 5.74) is 4.03. The first-order chi connectivity index (χ1) is 7.22. The summed E-state index contributed by atoms with van der Waals surface area (Å²) in [6, 6.07) is 6.60. The zero-order valence-electron chi connectivity index (χ0n) is 11.0. The molecule has 0 aromatic heterocycles. The van der Waals surface area contributed by atoms with Crippen molar-refractivity contribution in [3.8, 4) is 0 Å². The highest BCUT2D eigenvalue weighted by Crippen LogP contribution is 2.35. The summed E-state index contributed by atoms with van der Waals surface area (Å²) in [6.07, 6.45) is 0.843. The van der Waals surface area contributed by atoms with Gasteiger partial charge >= 0.3 is 6.92 Å². The van der Waals surface area contributed by atoms with Crippen LogP contribution in [0.1, 0.15) is 45.7 Å². The molecule has 16 heavy (non-hydrogen) atoms. The number of hydrogen-bond acceptors (Lipinski definition) is 1. The molecule has 2 rings (SSSR count). The molecule has 0 spiro atoms. The first-order valence-corrected chi connectivity index (χ1v) is 6.05. The van der Waals surface area contributed by atoms with Crippen molar-refractivity contribution in [2.24, 2.45) is 0 Å². The van der Waals surface area contributed by atoms with Crippen molar-refractivity contribution in [2.45, 2.75) is 51.8 Å². The SMILES string of the molecule is CC(C)(C)c1ccc2c(c1)B(O)CC2(C)C. The van der Waals surface area contributed by atoms with E-state index in [-0.39, 0.29) is 17.7 Å². The van der Waals surface area contributed by atoms with Crippen molar-refractivity contribution >= 4 is 12.4 Å². The average molecular weight is 216 g/mol. The van der Waals surface area contributed by atoms with Gasteiger partial charge in [-0.25, -0.2) is 0 Å². The molecule has 1 aliphatic heterocycles. The van der Waals surface area contributed by atoms with Crippen molar-refractivity contribution < 1.29 is 5.02 Å². The van der Waals surface area contributed by atoms with Gasteiger partial charge in [-0.2, -0.15) is 0 Å². The van der Waals surface area contributed by atoms with Crippen LogP contribution in [0.2, 0.25) is 6.32 Å². The fraction of sp³-hybridized carbons (Fsp3) is 0.571. The molecule has 0 radical (unpaired) electrons. The molecular formula is C14H21BO. The molecule has 1 aromatic rings. The first-order valence-electron chi connectivity index (χ1n) is 6.05. The van der Waals surface area contributed by atoms with Gasteiger partial charge in [0.2, 0.25) is 0 Å². The zero-order chi connectivity index (χ0) is 12.1. The molecule has 0 aliphatic carbocycles. The molecule has 0 saturated heterocycles. The Kier molecular flexibility index (Phi) is 2.47. The Balaban J connectivity index is 2.53. The Morgan fingerprint density at radius 2 is 1.88 bits per heavy atom. The number of rotatable bonds is 0. The minimum atomic E-state index is -0.285. The third-order valence-corrected chi connectivity index (χ3v) is 3.71. The largest absolute Gasteiger partial charge is 0.446 e. The lowest BCUT2D eigenvalue weighted by Crippen LogP contribution is -2.27. The topological polar surface area (TPSA) is 20.2 Å². The molecule has 1 heterocycles. The molecule has 1 aliphatic rings. The van der Waals surface area contributed by atoms with E-state index in [1.807, 2.05) is 0 Å². The second-order valence-electron chi connectivity index (χ2n) is 6.66. The Morgan fingerprint density at radius 3 is 2.44 bits per heavy atom. The standard InChI is InChI=1S/C14H21BO/c1-13(2,3)10-6-7-11-12(8-10)15(16)9-14(11,4)5/h6-8,16H,9H2,1-5H3. The van der Waals surface area contributed by atoms with E-state index in [2.05, 4.69) is 52.8 Å². The fourth-order valence-electron chi connectivity index (χ4n) is 2.62. The van der Waals surface area contributed by atoms with E-state index in [9.17, 15) is 5.02 Å². The van der Waals surface area contributed by atoms with Crippen LogP contribution >= 0.6 is 0 Å². The van der Waals surface area contributed by atoms with Gasteiger partial charge in [0.25, 0.3) is 0 Å². The number of fused-ring (bicyclic) bond motifs is 1. The van der Waals surface area contributed by atoms with E-state index in [0.29, 0.717) is 0 Å². The van der Waals surface area contributed by atoms with Crippen molar-refractivity contribution in [2.75, 3.05) is 0 Å². The fourth-order valence-corrected chi connectivity index (χ4v) is 2.62. The highest BCUT2D eigenvalue weighted by molar-refractivity contribution is 6.68. The molecule has 0 amide bonds. The van der Waals surface area contributed by atoms with Crippen LogP contribution in [0, 0.1) is 0 Å². The molecule has 0 atom stereocenters. The molecule has 0 saturated carbocycles. The summed E-state index contributed by atoms with van der Waals surface area (Å²) in [7, 11) is 0. The Hall–Kier alpha value is -0.755. The van der Waals surface area contributed by atoms with Crippen LogP contribution in [0.5, 0.6) is 0 Å². The van der Waals surface area contributed by atoms with Crippen LogP contribution in [-0.2, 0) is 10.8 Å². The van der Waals surface area contributed by atoms with Gasteiger partial charge in [-0.3, -0.25) is 0 Å². The molecule has 1 N–H and O–H groups in total. The van der Waals surface area contributed by atoms with Gasteiger partial charge in [-0.05, 0) is 33.7 Å². The van der Waals surface area contributed by atoms with E-state index in [4.69, 9.17) is 0 Å². The molecule has 86 valence electrons. The summed E-state index contributed by atoms with van der Waals surface area (Å²) in [6.45, 7) is 10.8. The Morgan fingerprint density at radius 1 is 1.25 bits per heavy atom. The molecule has 2 heteroatoms. The van der Waals surface area contributed by atoms with Gasteiger partial charge in [0, 0.05) is 0 Å². The molecular weight excluding hydrogens is 195 g/mol. The second kappa shape index (κ2) is 3.37. The summed E-state index contributed by atoms with van der Waals surface area (Å²) in [4.78, 5) is 0. The molecule has 0 bridgehead atoms. The summed E-state index contributed by atoms with van der Waals surface area (Å²) >= 11 is 0. The third kappa shape index (κ3) is 1.80. The highest BCUT2D eigenvalue weighted by atomic mass is 16.2. The van der Waals surface area contributed by atoms with E-state index in [1.165, 1.54) is 11.1 Å². The lowest BCUT2D eigenvalue weighted by Gasteiger charge is -2.23. The van der Waals surface area contributed by atoms with Crippen LogP contribution in [0.15, 0.2) is 18.2 Å². The smallest absolute Gasteiger partial charge is 0.324 e. The third-order valence-electron chi connectivity index (χ3n) is 3.71. The predicted octanol–water partition coefficient (Wildman–Crippen LogP) is 2.47. The zero-order valence-corrected chi connectivity index (χ0v) is 11.0. The Labute approximate surface area is 99.0 Å².